The average Bonchev–Trinajstić information content (AvgIpc) is 2.74. The van der Waals surface area contributed by atoms with Gasteiger partial charge in [-0.1, -0.05) is 18.2 Å². The lowest BCUT2D eigenvalue weighted by molar-refractivity contribution is -0.385. The van der Waals surface area contributed by atoms with Gasteiger partial charge < -0.3 is 14.2 Å². The molecule has 2 amide bonds. The highest BCUT2D eigenvalue weighted by Gasteiger charge is 2.15. The summed E-state index contributed by atoms with van der Waals surface area (Å²) in [5.41, 5.74) is 4.75. The SMILES string of the molecule is COc1ccc(/C=C/C(=O)NNC(=O)COc2ccccc2[N+](=O)[O-])cc1OC. The summed E-state index contributed by atoms with van der Waals surface area (Å²) in [6.07, 6.45) is 2.73. The van der Waals surface area contributed by atoms with Gasteiger partial charge in [0, 0.05) is 12.1 Å². The monoisotopic (exact) mass is 401 g/mol. The highest BCUT2D eigenvalue weighted by atomic mass is 16.6. The Labute approximate surface area is 166 Å². The van der Waals surface area contributed by atoms with Crippen molar-refractivity contribution in [1.82, 2.24) is 10.9 Å². The van der Waals surface area contributed by atoms with Crippen LogP contribution in [-0.4, -0.2) is 37.6 Å². The molecule has 0 aliphatic carbocycles. The number of ether oxygens (including phenoxy) is 3. The average molecular weight is 401 g/mol. The van der Waals surface area contributed by atoms with Crippen LogP contribution in [0.1, 0.15) is 5.56 Å². The summed E-state index contributed by atoms with van der Waals surface area (Å²) < 4.78 is 15.4. The first-order valence-electron chi connectivity index (χ1n) is 8.29. The van der Waals surface area contributed by atoms with Gasteiger partial charge in [0.15, 0.2) is 23.9 Å². The number of benzene rings is 2. The van der Waals surface area contributed by atoms with E-state index in [9.17, 15) is 19.7 Å². The van der Waals surface area contributed by atoms with Gasteiger partial charge >= 0.3 is 5.69 Å². The number of hydrazine groups is 1. The Morgan fingerprint density at radius 2 is 1.76 bits per heavy atom. The largest absolute Gasteiger partial charge is 0.493 e. The molecule has 0 fully saturated rings. The van der Waals surface area contributed by atoms with Gasteiger partial charge in [-0.3, -0.25) is 30.6 Å². The van der Waals surface area contributed by atoms with Crippen molar-refractivity contribution in [2.24, 2.45) is 0 Å². The first kappa shape index (κ1) is 21.2. The summed E-state index contributed by atoms with van der Waals surface area (Å²) in [6.45, 7) is -0.509. The van der Waals surface area contributed by atoms with E-state index in [0.29, 0.717) is 17.1 Å². The second-order valence-corrected chi connectivity index (χ2v) is 5.50. The Morgan fingerprint density at radius 3 is 2.45 bits per heavy atom. The predicted molar refractivity (Wildman–Crippen MR) is 103 cm³/mol. The van der Waals surface area contributed by atoms with E-state index < -0.39 is 23.3 Å². The molecule has 0 bridgehead atoms. The molecule has 2 aromatic rings. The highest BCUT2D eigenvalue weighted by Crippen LogP contribution is 2.28. The van der Waals surface area contributed by atoms with E-state index in [1.54, 1.807) is 24.3 Å². The zero-order valence-electron chi connectivity index (χ0n) is 15.7. The third-order valence-electron chi connectivity index (χ3n) is 3.58. The number of nitrogens with zero attached hydrogens (tertiary/aromatic N) is 1. The molecule has 0 spiro atoms. The zero-order valence-corrected chi connectivity index (χ0v) is 15.7. The molecule has 10 heteroatoms. The smallest absolute Gasteiger partial charge is 0.310 e. The molecule has 2 N–H and O–H groups in total. The van der Waals surface area contributed by atoms with Crippen LogP contribution >= 0.6 is 0 Å². The van der Waals surface area contributed by atoms with Crippen LogP contribution in [0, 0.1) is 10.1 Å². The number of methoxy groups -OCH3 is 2. The van der Waals surface area contributed by atoms with Crippen molar-refractivity contribution in [2.75, 3.05) is 20.8 Å². The highest BCUT2D eigenvalue weighted by molar-refractivity contribution is 5.93. The molecule has 2 rings (SSSR count). The molecule has 0 radical (unpaired) electrons. The topological polar surface area (TPSA) is 129 Å². The van der Waals surface area contributed by atoms with Crippen LogP contribution in [0.2, 0.25) is 0 Å². The number of nitro benzene ring substituents is 1. The molecule has 0 heterocycles. The van der Waals surface area contributed by atoms with E-state index in [1.807, 2.05) is 0 Å². The van der Waals surface area contributed by atoms with E-state index in [2.05, 4.69) is 10.9 Å². The summed E-state index contributed by atoms with van der Waals surface area (Å²) in [5.74, 6) is -0.252. The third kappa shape index (κ3) is 6.24. The van der Waals surface area contributed by atoms with Crippen LogP contribution < -0.4 is 25.1 Å². The van der Waals surface area contributed by atoms with Crippen LogP contribution in [-0.2, 0) is 9.59 Å². The van der Waals surface area contributed by atoms with Crippen LogP contribution in [0.15, 0.2) is 48.5 Å². The van der Waals surface area contributed by atoms with Crippen LogP contribution in [0.3, 0.4) is 0 Å². The number of carbonyl (C=O) groups excluding carboxylic acids is 2. The second kappa shape index (κ2) is 10.3. The first-order chi connectivity index (χ1) is 13.9. The van der Waals surface area contributed by atoms with Crippen molar-refractivity contribution in [3.63, 3.8) is 0 Å². The van der Waals surface area contributed by atoms with Crippen molar-refractivity contribution in [3.05, 3.63) is 64.2 Å². The van der Waals surface area contributed by atoms with Gasteiger partial charge in [-0.05, 0) is 29.8 Å². The summed E-state index contributed by atoms with van der Waals surface area (Å²) in [7, 11) is 3.02. The van der Waals surface area contributed by atoms with Crippen molar-refractivity contribution in [2.45, 2.75) is 0 Å². The minimum absolute atomic E-state index is 0.0488. The maximum Gasteiger partial charge on any atom is 0.310 e. The Bertz CT molecular complexity index is 928. The number of nitro groups is 1. The van der Waals surface area contributed by atoms with E-state index >= 15 is 0 Å². The first-order valence-corrected chi connectivity index (χ1v) is 8.29. The van der Waals surface area contributed by atoms with Crippen molar-refractivity contribution in [1.29, 1.82) is 0 Å². The minimum atomic E-state index is -0.684. The summed E-state index contributed by atoms with van der Waals surface area (Å²) in [6, 6.07) is 10.8. The molecule has 0 aliphatic rings. The number of amides is 2. The van der Waals surface area contributed by atoms with E-state index in [4.69, 9.17) is 14.2 Å². The molecule has 10 nitrogen and oxygen atoms in total. The van der Waals surface area contributed by atoms with Crippen molar-refractivity contribution < 1.29 is 28.7 Å². The maximum absolute atomic E-state index is 11.8. The van der Waals surface area contributed by atoms with Gasteiger partial charge in [0.1, 0.15) is 0 Å². The normalized spacial score (nSPS) is 10.3. The quantitative estimate of drug-likeness (QED) is 0.392. The molecule has 0 aromatic heterocycles. The number of rotatable bonds is 8. The molecule has 29 heavy (non-hydrogen) atoms. The predicted octanol–water partition coefficient (Wildman–Crippen LogP) is 1.85. The molecule has 0 saturated heterocycles. The number of carbonyl (C=O) groups is 2. The zero-order chi connectivity index (χ0) is 21.2. The van der Waals surface area contributed by atoms with Crippen molar-refractivity contribution >= 4 is 23.6 Å². The Morgan fingerprint density at radius 1 is 1.03 bits per heavy atom. The molecular formula is C19H19N3O7. The molecular weight excluding hydrogens is 382 g/mol. The van der Waals surface area contributed by atoms with Gasteiger partial charge in [0.25, 0.3) is 11.8 Å². The third-order valence-corrected chi connectivity index (χ3v) is 3.58. The summed E-state index contributed by atoms with van der Waals surface area (Å²) in [5, 5.41) is 10.9. The fraction of sp³-hybridized carbons (Fsp3) is 0.158. The van der Waals surface area contributed by atoms with E-state index in [-0.39, 0.29) is 11.4 Å². The molecule has 152 valence electrons. The molecule has 0 unspecified atom stereocenters. The van der Waals surface area contributed by atoms with Crippen LogP contribution in [0.5, 0.6) is 17.2 Å². The van der Waals surface area contributed by atoms with Gasteiger partial charge in [0.2, 0.25) is 0 Å². The second-order valence-electron chi connectivity index (χ2n) is 5.50. The Balaban J connectivity index is 1.84. The van der Waals surface area contributed by atoms with Crippen LogP contribution in [0.4, 0.5) is 5.69 Å². The number of nitrogens with one attached hydrogen (secondary N) is 2. The lowest BCUT2D eigenvalue weighted by atomic mass is 10.2. The van der Waals surface area contributed by atoms with Crippen LogP contribution in [0.25, 0.3) is 6.08 Å². The van der Waals surface area contributed by atoms with E-state index in [1.165, 1.54) is 44.6 Å². The van der Waals surface area contributed by atoms with Crippen molar-refractivity contribution in [3.8, 4) is 17.2 Å². The molecule has 0 aliphatic heterocycles. The summed E-state index contributed by atoms with van der Waals surface area (Å²) in [4.78, 5) is 33.8. The van der Waals surface area contributed by atoms with Gasteiger partial charge in [-0.25, -0.2) is 0 Å². The summed E-state index contributed by atoms with van der Waals surface area (Å²) >= 11 is 0. The van der Waals surface area contributed by atoms with Gasteiger partial charge in [-0.2, -0.15) is 0 Å². The lowest BCUT2D eigenvalue weighted by Gasteiger charge is -2.08. The Hall–Kier alpha value is -4.08. The minimum Gasteiger partial charge on any atom is -0.493 e. The van der Waals surface area contributed by atoms with Gasteiger partial charge in [-0.15, -0.1) is 0 Å². The maximum atomic E-state index is 11.8. The number of hydrogen-bond donors (Lipinski definition) is 2. The lowest BCUT2D eigenvalue weighted by Crippen LogP contribution is -2.43. The fourth-order valence-electron chi connectivity index (χ4n) is 2.21. The number of para-hydroxylation sites is 2. The number of hydrogen-bond acceptors (Lipinski definition) is 7. The van der Waals surface area contributed by atoms with Gasteiger partial charge in [0.05, 0.1) is 19.1 Å². The molecule has 0 atom stereocenters. The molecule has 2 aromatic carbocycles. The standard InChI is InChI=1S/C19H19N3O7/c1-27-16-9-7-13(11-17(16)28-2)8-10-18(23)20-21-19(24)12-29-15-6-4-3-5-14(15)22(25)26/h3-11H,12H2,1-2H3,(H,20,23)(H,21,24)/b10-8+. The fourth-order valence-corrected chi connectivity index (χ4v) is 2.21. The molecule has 0 saturated carbocycles. The Kier molecular flexibility index (Phi) is 7.54. The van der Waals surface area contributed by atoms with E-state index in [0.717, 1.165) is 0 Å².